The molecule has 0 radical (unpaired) electrons. The molecule has 0 unspecified atom stereocenters. The predicted octanol–water partition coefficient (Wildman–Crippen LogP) is 3.57. The summed E-state index contributed by atoms with van der Waals surface area (Å²) < 4.78 is 18.1. The molecule has 1 saturated carbocycles. The second-order valence-electron chi connectivity index (χ2n) is 5.37. The summed E-state index contributed by atoms with van der Waals surface area (Å²) in [7, 11) is 0. The van der Waals surface area contributed by atoms with E-state index in [2.05, 4.69) is 10.5 Å². The van der Waals surface area contributed by atoms with Gasteiger partial charge in [0.25, 0.3) is 5.91 Å². The topological polar surface area (TPSA) is 55.1 Å². The predicted molar refractivity (Wildman–Crippen MR) is 75.4 cm³/mol. The van der Waals surface area contributed by atoms with Crippen LogP contribution >= 0.6 is 0 Å². The van der Waals surface area contributed by atoms with Crippen molar-refractivity contribution in [2.75, 3.05) is 0 Å². The number of benzene rings is 1. The molecule has 5 heteroatoms. The summed E-state index contributed by atoms with van der Waals surface area (Å²) in [4.78, 5) is 12.2. The molecule has 4 nitrogen and oxygen atoms in total. The average molecular weight is 288 g/mol. The Balaban J connectivity index is 1.70. The lowest BCUT2D eigenvalue weighted by Gasteiger charge is -2.16. The Hall–Kier alpha value is -2.17. The number of carbonyl (C=O) groups is 1. The number of carbonyl (C=O) groups excluding carboxylic acids is 1. The van der Waals surface area contributed by atoms with Crippen molar-refractivity contribution < 1.29 is 13.7 Å². The summed E-state index contributed by atoms with van der Waals surface area (Å²) in [6, 6.07) is 7.70. The van der Waals surface area contributed by atoms with Crippen LogP contribution in [-0.4, -0.2) is 11.1 Å². The number of hydrogen-bond donors (Lipinski definition) is 1. The highest BCUT2D eigenvalue weighted by molar-refractivity contribution is 5.92. The van der Waals surface area contributed by atoms with Crippen LogP contribution in [0.4, 0.5) is 4.39 Å². The Morgan fingerprint density at radius 1 is 1.43 bits per heavy atom. The van der Waals surface area contributed by atoms with Gasteiger partial charge in [-0.3, -0.25) is 4.79 Å². The molecule has 1 N–H and O–H groups in total. The summed E-state index contributed by atoms with van der Waals surface area (Å²) in [5.41, 5.74) is 1.18. The number of amides is 1. The number of nitrogens with zero attached hydrogens (tertiary/aromatic N) is 1. The van der Waals surface area contributed by atoms with Gasteiger partial charge in [0, 0.05) is 12.0 Å². The van der Waals surface area contributed by atoms with Gasteiger partial charge in [-0.25, -0.2) is 4.39 Å². The van der Waals surface area contributed by atoms with Gasteiger partial charge in [-0.05, 0) is 37.0 Å². The van der Waals surface area contributed by atoms with Crippen molar-refractivity contribution in [3.63, 3.8) is 0 Å². The standard InChI is InChI=1S/C16H17FN2O2/c1-2-13(10-5-7-12(17)8-6-10)18-16(20)14-9-15(21-19-14)11-3-4-11/h5-9,11,13H,2-4H2,1H3,(H,18,20)/t13-/m1/s1. The van der Waals surface area contributed by atoms with Crippen LogP contribution in [0.2, 0.25) is 0 Å². The maximum atomic E-state index is 13.0. The molecule has 1 aromatic carbocycles. The van der Waals surface area contributed by atoms with Gasteiger partial charge >= 0.3 is 0 Å². The van der Waals surface area contributed by atoms with E-state index in [1.807, 2.05) is 6.92 Å². The fraction of sp³-hybridized carbons (Fsp3) is 0.375. The molecule has 1 aliphatic carbocycles. The summed E-state index contributed by atoms with van der Waals surface area (Å²) in [5, 5.41) is 6.73. The highest BCUT2D eigenvalue weighted by Gasteiger charge is 2.29. The number of nitrogens with one attached hydrogen (secondary N) is 1. The minimum atomic E-state index is -0.287. The van der Waals surface area contributed by atoms with Crippen molar-refractivity contribution in [3.8, 4) is 0 Å². The van der Waals surface area contributed by atoms with E-state index < -0.39 is 0 Å². The van der Waals surface area contributed by atoms with Crippen molar-refractivity contribution in [3.05, 3.63) is 53.2 Å². The van der Waals surface area contributed by atoms with Gasteiger partial charge in [0.2, 0.25) is 0 Å². The molecule has 1 heterocycles. The Morgan fingerprint density at radius 3 is 2.76 bits per heavy atom. The molecule has 0 aliphatic heterocycles. The van der Waals surface area contributed by atoms with Crippen molar-refractivity contribution >= 4 is 5.91 Å². The Labute approximate surface area is 122 Å². The first-order valence-electron chi connectivity index (χ1n) is 7.20. The Kier molecular flexibility index (Phi) is 3.73. The van der Waals surface area contributed by atoms with Crippen molar-refractivity contribution in [1.29, 1.82) is 0 Å². The van der Waals surface area contributed by atoms with E-state index in [0.29, 0.717) is 18.0 Å². The quantitative estimate of drug-likeness (QED) is 0.915. The van der Waals surface area contributed by atoms with Crippen LogP contribution in [-0.2, 0) is 0 Å². The number of rotatable bonds is 5. The summed E-state index contributed by atoms with van der Waals surface area (Å²) in [6.45, 7) is 1.97. The third kappa shape index (κ3) is 3.12. The first-order chi connectivity index (χ1) is 10.2. The third-order valence-corrected chi connectivity index (χ3v) is 3.73. The smallest absolute Gasteiger partial charge is 0.273 e. The molecular formula is C16H17FN2O2. The minimum absolute atomic E-state index is 0.167. The lowest BCUT2D eigenvalue weighted by Crippen LogP contribution is -2.28. The van der Waals surface area contributed by atoms with E-state index in [4.69, 9.17) is 4.52 Å². The van der Waals surface area contributed by atoms with Crippen LogP contribution in [0.1, 0.15) is 60.0 Å². The molecule has 1 aromatic heterocycles. The van der Waals surface area contributed by atoms with E-state index in [9.17, 15) is 9.18 Å². The monoisotopic (exact) mass is 288 g/mol. The highest BCUT2D eigenvalue weighted by atomic mass is 19.1. The van der Waals surface area contributed by atoms with Crippen LogP contribution in [0.25, 0.3) is 0 Å². The SMILES string of the molecule is CC[C@@H](NC(=O)c1cc(C2CC2)on1)c1ccc(F)cc1. The fourth-order valence-electron chi connectivity index (χ4n) is 2.30. The summed E-state index contributed by atoms with van der Waals surface area (Å²) in [5.74, 6) is 0.667. The molecule has 0 saturated heterocycles. The third-order valence-electron chi connectivity index (χ3n) is 3.73. The second kappa shape index (κ2) is 5.68. The number of hydrogen-bond acceptors (Lipinski definition) is 3. The zero-order valence-electron chi connectivity index (χ0n) is 11.8. The van der Waals surface area contributed by atoms with Gasteiger partial charge in [0.05, 0.1) is 6.04 Å². The number of halogens is 1. The molecule has 1 fully saturated rings. The van der Waals surface area contributed by atoms with Crippen LogP contribution in [0.15, 0.2) is 34.9 Å². The maximum Gasteiger partial charge on any atom is 0.273 e. The van der Waals surface area contributed by atoms with Crippen LogP contribution in [0.3, 0.4) is 0 Å². The highest BCUT2D eigenvalue weighted by Crippen LogP contribution is 2.40. The van der Waals surface area contributed by atoms with Crippen LogP contribution < -0.4 is 5.32 Å². The van der Waals surface area contributed by atoms with Crippen LogP contribution in [0, 0.1) is 5.82 Å². The molecule has 110 valence electrons. The zero-order chi connectivity index (χ0) is 14.8. The van der Waals surface area contributed by atoms with Crippen molar-refractivity contribution in [1.82, 2.24) is 10.5 Å². The van der Waals surface area contributed by atoms with Crippen LogP contribution in [0.5, 0.6) is 0 Å². The van der Waals surface area contributed by atoms with Gasteiger partial charge in [0.15, 0.2) is 5.69 Å². The first kappa shape index (κ1) is 13.8. The normalized spacial score (nSPS) is 15.7. The maximum absolute atomic E-state index is 13.0. The number of aromatic nitrogens is 1. The summed E-state index contributed by atoms with van der Waals surface area (Å²) >= 11 is 0. The van der Waals surface area contributed by atoms with Gasteiger partial charge in [-0.2, -0.15) is 0 Å². The second-order valence-corrected chi connectivity index (χ2v) is 5.37. The lowest BCUT2D eigenvalue weighted by atomic mass is 10.0. The zero-order valence-corrected chi connectivity index (χ0v) is 11.8. The molecule has 0 spiro atoms. The summed E-state index contributed by atoms with van der Waals surface area (Å²) in [6.07, 6.45) is 2.91. The minimum Gasteiger partial charge on any atom is -0.360 e. The van der Waals surface area contributed by atoms with Gasteiger partial charge in [-0.1, -0.05) is 24.2 Å². The van der Waals surface area contributed by atoms with E-state index in [1.54, 1.807) is 18.2 Å². The molecule has 1 aliphatic rings. The largest absolute Gasteiger partial charge is 0.360 e. The molecule has 3 rings (SSSR count). The average Bonchev–Trinajstić information content (AvgIpc) is 3.23. The van der Waals surface area contributed by atoms with Gasteiger partial charge < -0.3 is 9.84 Å². The Morgan fingerprint density at radius 2 is 2.14 bits per heavy atom. The lowest BCUT2D eigenvalue weighted by molar-refractivity contribution is 0.0926. The van der Waals surface area contributed by atoms with Crippen molar-refractivity contribution in [2.24, 2.45) is 0 Å². The first-order valence-corrected chi connectivity index (χ1v) is 7.20. The molecule has 0 bridgehead atoms. The molecular weight excluding hydrogens is 271 g/mol. The Bertz CT molecular complexity index is 632. The molecule has 21 heavy (non-hydrogen) atoms. The van der Waals surface area contributed by atoms with E-state index in [-0.39, 0.29) is 17.8 Å². The van der Waals surface area contributed by atoms with Gasteiger partial charge in [0.1, 0.15) is 11.6 Å². The molecule has 2 aromatic rings. The van der Waals surface area contributed by atoms with Gasteiger partial charge in [-0.15, -0.1) is 0 Å². The van der Waals surface area contributed by atoms with E-state index >= 15 is 0 Å². The molecule has 1 amide bonds. The fourth-order valence-corrected chi connectivity index (χ4v) is 2.30. The van der Waals surface area contributed by atoms with E-state index in [1.165, 1.54) is 12.1 Å². The molecule has 1 atom stereocenters. The van der Waals surface area contributed by atoms with E-state index in [0.717, 1.165) is 24.2 Å². The van der Waals surface area contributed by atoms with Crippen molar-refractivity contribution in [2.45, 2.75) is 38.1 Å².